The van der Waals surface area contributed by atoms with E-state index in [-0.39, 0.29) is 5.39 Å². The quantitative estimate of drug-likeness (QED) is 0.682. The SMILES string of the molecule is O=S(=O)(F)c1nc(CC2CCC2)nc2[nH]ccc12. The summed E-state index contributed by atoms with van der Waals surface area (Å²) < 4.78 is 35.4. The molecule has 0 unspecified atom stereocenters. The molecule has 18 heavy (non-hydrogen) atoms. The number of nitrogens with one attached hydrogen (secondary N) is 1. The Bertz CT molecular complexity index is 691. The van der Waals surface area contributed by atoms with E-state index in [2.05, 4.69) is 15.0 Å². The molecule has 5 nitrogen and oxygen atoms in total. The van der Waals surface area contributed by atoms with E-state index < -0.39 is 15.2 Å². The second-order valence-electron chi connectivity index (χ2n) is 4.62. The van der Waals surface area contributed by atoms with Gasteiger partial charge in [-0.05, 0) is 12.0 Å². The Hall–Kier alpha value is -1.50. The Morgan fingerprint density at radius 2 is 2.17 bits per heavy atom. The van der Waals surface area contributed by atoms with Crippen LogP contribution >= 0.6 is 0 Å². The van der Waals surface area contributed by atoms with E-state index >= 15 is 0 Å². The van der Waals surface area contributed by atoms with Gasteiger partial charge in [0.25, 0.3) is 0 Å². The summed E-state index contributed by atoms with van der Waals surface area (Å²) in [4.78, 5) is 10.9. The maximum Gasteiger partial charge on any atom is 0.350 e. The first-order chi connectivity index (χ1) is 8.54. The molecule has 1 fully saturated rings. The van der Waals surface area contributed by atoms with E-state index in [0.717, 1.165) is 12.8 Å². The number of nitrogens with zero attached hydrogens (tertiary/aromatic N) is 2. The second kappa shape index (κ2) is 4.01. The lowest BCUT2D eigenvalue weighted by Crippen LogP contribution is -2.16. The van der Waals surface area contributed by atoms with Crippen molar-refractivity contribution in [1.82, 2.24) is 15.0 Å². The molecule has 1 saturated carbocycles. The number of rotatable bonds is 3. The lowest BCUT2D eigenvalue weighted by molar-refractivity contribution is 0.309. The molecule has 0 aromatic carbocycles. The van der Waals surface area contributed by atoms with E-state index in [1.165, 1.54) is 18.7 Å². The van der Waals surface area contributed by atoms with E-state index in [1.54, 1.807) is 0 Å². The molecule has 1 aliphatic carbocycles. The summed E-state index contributed by atoms with van der Waals surface area (Å²) in [5, 5.41) is -0.321. The van der Waals surface area contributed by atoms with Crippen LogP contribution in [0.1, 0.15) is 25.1 Å². The van der Waals surface area contributed by atoms with Crippen molar-refractivity contribution in [3.8, 4) is 0 Å². The first kappa shape index (κ1) is 11.6. The first-order valence-corrected chi connectivity index (χ1v) is 7.21. The average Bonchev–Trinajstić information content (AvgIpc) is 2.68. The van der Waals surface area contributed by atoms with Gasteiger partial charge in [0.15, 0.2) is 5.03 Å². The van der Waals surface area contributed by atoms with Crippen LogP contribution in [-0.4, -0.2) is 23.4 Å². The summed E-state index contributed by atoms with van der Waals surface area (Å²) in [6, 6.07) is 1.47. The minimum Gasteiger partial charge on any atom is -0.346 e. The Labute approximate surface area is 104 Å². The van der Waals surface area contributed by atoms with Crippen LogP contribution in [0.3, 0.4) is 0 Å². The number of fused-ring (bicyclic) bond motifs is 1. The zero-order chi connectivity index (χ0) is 12.8. The highest BCUT2D eigenvalue weighted by Gasteiger charge is 2.24. The van der Waals surface area contributed by atoms with Gasteiger partial charge < -0.3 is 4.98 Å². The number of aromatic nitrogens is 3. The van der Waals surface area contributed by atoms with Gasteiger partial charge in [0.1, 0.15) is 11.5 Å². The maximum atomic E-state index is 13.2. The van der Waals surface area contributed by atoms with Crippen LogP contribution < -0.4 is 0 Å². The van der Waals surface area contributed by atoms with Crippen LogP contribution in [0.15, 0.2) is 17.3 Å². The molecule has 7 heteroatoms. The fourth-order valence-corrected chi connectivity index (χ4v) is 2.83. The summed E-state index contributed by atoms with van der Waals surface area (Å²) >= 11 is 0. The summed E-state index contributed by atoms with van der Waals surface area (Å²) in [7, 11) is -4.82. The van der Waals surface area contributed by atoms with Crippen LogP contribution in [0.25, 0.3) is 11.0 Å². The first-order valence-electron chi connectivity index (χ1n) is 5.83. The van der Waals surface area contributed by atoms with Gasteiger partial charge in [-0.25, -0.2) is 9.97 Å². The predicted octanol–water partition coefficient (Wildman–Crippen LogP) is 1.96. The van der Waals surface area contributed by atoms with Crippen molar-refractivity contribution in [2.75, 3.05) is 0 Å². The molecule has 0 radical (unpaired) electrons. The second-order valence-corrected chi connectivity index (χ2v) is 5.89. The molecule has 0 aliphatic heterocycles. The van der Waals surface area contributed by atoms with Crippen molar-refractivity contribution in [3.05, 3.63) is 18.1 Å². The number of hydrogen-bond acceptors (Lipinski definition) is 4. The molecule has 0 spiro atoms. The van der Waals surface area contributed by atoms with Crippen molar-refractivity contribution in [1.29, 1.82) is 0 Å². The lowest BCUT2D eigenvalue weighted by Gasteiger charge is -2.24. The van der Waals surface area contributed by atoms with Gasteiger partial charge in [-0.1, -0.05) is 23.1 Å². The number of H-pyrrole nitrogens is 1. The molecule has 1 N–H and O–H groups in total. The van der Waals surface area contributed by atoms with E-state index in [9.17, 15) is 12.3 Å². The largest absolute Gasteiger partial charge is 0.350 e. The van der Waals surface area contributed by atoms with Crippen LogP contribution in [0, 0.1) is 5.92 Å². The van der Waals surface area contributed by atoms with Crippen LogP contribution in [-0.2, 0) is 16.6 Å². The fraction of sp³-hybridized carbons (Fsp3) is 0.455. The van der Waals surface area contributed by atoms with Crippen molar-refractivity contribution >= 4 is 21.3 Å². The topological polar surface area (TPSA) is 75.7 Å². The zero-order valence-electron chi connectivity index (χ0n) is 9.56. The summed E-state index contributed by atoms with van der Waals surface area (Å²) in [6.45, 7) is 0. The standard InChI is InChI=1S/C11H12FN3O2S/c12-18(16,17)11-8-4-5-13-10(8)14-9(15-11)6-7-2-1-3-7/h4-5,7H,1-3,6H2,(H,13,14,15). The smallest absolute Gasteiger partial charge is 0.346 e. The third kappa shape index (κ3) is 1.98. The van der Waals surface area contributed by atoms with Gasteiger partial charge in [-0.2, -0.15) is 8.42 Å². The van der Waals surface area contributed by atoms with Gasteiger partial charge in [-0.15, -0.1) is 0 Å². The Morgan fingerprint density at radius 1 is 1.39 bits per heavy atom. The summed E-state index contributed by atoms with van der Waals surface area (Å²) in [5.41, 5.74) is 0.371. The van der Waals surface area contributed by atoms with Crippen molar-refractivity contribution in [2.45, 2.75) is 30.7 Å². The van der Waals surface area contributed by atoms with Crippen molar-refractivity contribution in [3.63, 3.8) is 0 Å². The molecule has 1 aliphatic rings. The predicted molar refractivity (Wildman–Crippen MR) is 63.2 cm³/mol. The number of hydrogen-bond donors (Lipinski definition) is 1. The Morgan fingerprint density at radius 3 is 2.78 bits per heavy atom. The molecule has 2 heterocycles. The zero-order valence-corrected chi connectivity index (χ0v) is 10.4. The van der Waals surface area contributed by atoms with Crippen LogP contribution in [0.5, 0.6) is 0 Å². The van der Waals surface area contributed by atoms with Gasteiger partial charge in [0.2, 0.25) is 0 Å². The summed E-state index contributed by atoms with van der Waals surface area (Å²) in [5.74, 6) is 0.887. The normalized spacial score (nSPS) is 16.9. The Balaban J connectivity index is 2.10. The number of aromatic amines is 1. The molecule has 2 aromatic rings. The minimum absolute atomic E-state index is 0.204. The van der Waals surface area contributed by atoms with Gasteiger partial charge in [0.05, 0.1) is 5.39 Å². The maximum absolute atomic E-state index is 13.2. The highest BCUT2D eigenvalue weighted by atomic mass is 32.3. The van der Waals surface area contributed by atoms with E-state index in [0.29, 0.717) is 23.8 Å². The molecular weight excluding hydrogens is 257 g/mol. The minimum atomic E-state index is -4.82. The average molecular weight is 269 g/mol. The van der Waals surface area contributed by atoms with Crippen LogP contribution in [0.4, 0.5) is 3.89 Å². The molecule has 0 amide bonds. The molecule has 3 rings (SSSR count). The summed E-state index contributed by atoms with van der Waals surface area (Å²) in [6.07, 6.45) is 5.52. The van der Waals surface area contributed by atoms with Crippen LogP contribution in [0.2, 0.25) is 0 Å². The molecule has 2 aromatic heterocycles. The van der Waals surface area contributed by atoms with Crippen molar-refractivity contribution in [2.24, 2.45) is 5.92 Å². The molecule has 0 atom stereocenters. The van der Waals surface area contributed by atoms with Gasteiger partial charge >= 0.3 is 10.2 Å². The molecule has 0 saturated heterocycles. The van der Waals surface area contributed by atoms with E-state index in [4.69, 9.17) is 0 Å². The molecular formula is C11H12FN3O2S. The van der Waals surface area contributed by atoms with Crippen molar-refractivity contribution < 1.29 is 12.3 Å². The highest BCUT2D eigenvalue weighted by molar-refractivity contribution is 7.86. The Kier molecular flexibility index (Phi) is 2.58. The molecule has 96 valence electrons. The fourth-order valence-electron chi connectivity index (χ4n) is 2.19. The monoisotopic (exact) mass is 269 g/mol. The lowest BCUT2D eigenvalue weighted by atomic mass is 9.83. The third-order valence-electron chi connectivity index (χ3n) is 3.35. The highest BCUT2D eigenvalue weighted by Crippen LogP contribution is 2.30. The number of halogens is 1. The molecule has 0 bridgehead atoms. The van der Waals surface area contributed by atoms with Gasteiger partial charge in [-0.3, -0.25) is 0 Å². The van der Waals surface area contributed by atoms with Gasteiger partial charge in [0, 0.05) is 12.6 Å². The third-order valence-corrected chi connectivity index (χ3v) is 4.13. The van der Waals surface area contributed by atoms with E-state index in [1.807, 2.05) is 0 Å².